The first kappa shape index (κ1) is 12.6. The molecule has 2 unspecified atom stereocenters. The third-order valence-electron chi connectivity index (χ3n) is 0.842. The monoisotopic (exact) mass is 218 g/mol. The van der Waals surface area contributed by atoms with Crippen molar-refractivity contribution in [2.75, 3.05) is 6.16 Å². The second kappa shape index (κ2) is 4.74. The van der Waals surface area contributed by atoms with Crippen molar-refractivity contribution in [3.8, 4) is 0 Å². The van der Waals surface area contributed by atoms with Gasteiger partial charge in [-0.3, -0.25) is 0 Å². The molecule has 0 aromatic rings. The van der Waals surface area contributed by atoms with Crippen LogP contribution in [-0.2, 0) is 0 Å². The summed E-state index contributed by atoms with van der Waals surface area (Å²) < 4.78 is 0. The summed E-state index contributed by atoms with van der Waals surface area (Å²) in [5.74, 6) is -2.71. The van der Waals surface area contributed by atoms with Gasteiger partial charge in [-0.15, -0.1) is 0 Å². The lowest BCUT2D eigenvalue weighted by atomic mass is 10.4. The van der Waals surface area contributed by atoms with E-state index in [1.54, 1.807) is 0 Å². The van der Waals surface area contributed by atoms with Crippen LogP contribution in [0.2, 0.25) is 0 Å². The predicted octanol–water partition coefficient (Wildman–Crippen LogP) is -2.13. The number of hydrogen-bond acceptors (Lipinski definition) is 6. The standard InChI is InChI=1S/C4H12O6P2/c5-3(6,7)1-2-11-12-4(8,9)10/h5-12H,1-2H2. The predicted molar refractivity (Wildman–Crippen MR) is 44.9 cm³/mol. The Morgan fingerprint density at radius 2 is 1.42 bits per heavy atom. The van der Waals surface area contributed by atoms with E-state index in [1.165, 1.54) is 0 Å². The van der Waals surface area contributed by atoms with Gasteiger partial charge in [0.1, 0.15) is 0 Å². The first-order valence-electron chi connectivity index (χ1n) is 3.05. The van der Waals surface area contributed by atoms with Gasteiger partial charge in [-0.2, -0.15) is 0 Å². The molecule has 0 saturated carbocycles. The van der Waals surface area contributed by atoms with Gasteiger partial charge in [0.25, 0.3) is 11.7 Å². The molecule has 8 heteroatoms. The molecule has 0 fully saturated rings. The van der Waals surface area contributed by atoms with E-state index in [1.807, 2.05) is 0 Å². The average Bonchev–Trinajstić information content (AvgIpc) is 1.76. The molecule has 0 amide bonds. The quantitative estimate of drug-likeness (QED) is 0.178. The average molecular weight is 218 g/mol. The Morgan fingerprint density at radius 1 is 0.917 bits per heavy atom. The highest BCUT2D eigenvalue weighted by atomic mass is 32.0. The zero-order valence-electron chi connectivity index (χ0n) is 6.10. The van der Waals surface area contributed by atoms with E-state index in [4.69, 9.17) is 30.6 Å². The molecule has 0 rings (SSSR count). The van der Waals surface area contributed by atoms with Crippen LogP contribution in [0.5, 0.6) is 0 Å². The Labute approximate surface area is 72.3 Å². The second-order valence-corrected chi connectivity index (χ2v) is 5.80. The lowest BCUT2D eigenvalue weighted by molar-refractivity contribution is -0.311. The largest absolute Gasteiger partial charge is 0.344 e. The van der Waals surface area contributed by atoms with Gasteiger partial charge in [0.15, 0.2) is 0 Å². The molecule has 0 aromatic carbocycles. The Balaban J connectivity index is 3.35. The molecule has 2 atom stereocenters. The molecule has 0 saturated heterocycles. The molecule has 12 heavy (non-hydrogen) atoms. The topological polar surface area (TPSA) is 121 Å². The molecule has 0 aliphatic heterocycles. The van der Waals surface area contributed by atoms with E-state index in [0.717, 1.165) is 0 Å². The third-order valence-corrected chi connectivity index (χ3v) is 4.14. The number of rotatable bonds is 5. The second-order valence-electron chi connectivity index (χ2n) is 2.21. The zero-order valence-corrected chi connectivity index (χ0v) is 8.10. The Kier molecular flexibility index (Phi) is 4.99. The summed E-state index contributed by atoms with van der Waals surface area (Å²) >= 11 is 0. The van der Waals surface area contributed by atoms with Crippen LogP contribution in [0.15, 0.2) is 0 Å². The van der Waals surface area contributed by atoms with Crippen molar-refractivity contribution < 1.29 is 30.6 Å². The van der Waals surface area contributed by atoms with Crippen molar-refractivity contribution in [2.24, 2.45) is 0 Å². The molecule has 0 aliphatic rings. The third kappa shape index (κ3) is 10.6. The van der Waals surface area contributed by atoms with Crippen molar-refractivity contribution in [1.29, 1.82) is 0 Å². The zero-order chi connectivity index (χ0) is 9.83. The van der Waals surface area contributed by atoms with Gasteiger partial charge >= 0.3 is 0 Å². The maximum Gasteiger partial charge on any atom is 0.294 e. The number of hydrogen-bond donors (Lipinski definition) is 6. The van der Waals surface area contributed by atoms with E-state index in [-0.39, 0.29) is 20.9 Å². The van der Waals surface area contributed by atoms with Crippen LogP contribution >= 0.6 is 16.5 Å². The summed E-state index contributed by atoms with van der Waals surface area (Å²) in [6.07, 6.45) is -0.0834. The SMILES string of the molecule is OC(O)(O)CCPPC(O)(O)O. The fourth-order valence-electron chi connectivity index (χ4n) is 0.411. The van der Waals surface area contributed by atoms with Crippen molar-refractivity contribution in [1.82, 2.24) is 0 Å². The van der Waals surface area contributed by atoms with Gasteiger partial charge in [-0.05, 0) is 14.4 Å². The fraction of sp³-hybridized carbons (Fsp3) is 1.00. The van der Waals surface area contributed by atoms with Crippen molar-refractivity contribution in [3.05, 3.63) is 0 Å². The molecule has 0 aromatic heterocycles. The molecule has 0 bridgehead atoms. The van der Waals surface area contributed by atoms with Crippen LogP contribution in [0, 0.1) is 0 Å². The molecular formula is C4H12O6P2. The van der Waals surface area contributed by atoms with E-state index in [9.17, 15) is 0 Å². The molecule has 0 radical (unpaired) electrons. The van der Waals surface area contributed by atoms with Gasteiger partial charge in [-0.25, -0.2) is 0 Å². The van der Waals surface area contributed by atoms with E-state index < -0.39 is 20.0 Å². The molecule has 0 spiro atoms. The van der Waals surface area contributed by atoms with E-state index in [2.05, 4.69) is 0 Å². The van der Waals surface area contributed by atoms with Crippen LogP contribution in [0.3, 0.4) is 0 Å². The highest BCUT2D eigenvalue weighted by Crippen LogP contribution is 2.44. The minimum absolute atomic E-state index is 0.0450. The van der Waals surface area contributed by atoms with Gasteiger partial charge in [0, 0.05) is 6.42 Å². The first-order chi connectivity index (χ1) is 5.21. The van der Waals surface area contributed by atoms with Gasteiger partial charge in [0.05, 0.1) is 0 Å². The number of aliphatic hydroxyl groups is 6. The molecule has 74 valence electrons. The van der Waals surface area contributed by atoms with Crippen molar-refractivity contribution in [2.45, 2.75) is 18.1 Å². The summed E-state index contributed by atoms with van der Waals surface area (Å²) in [5.41, 5.74) is -2.68. The first-order valence-corrected chi connectivity index (χ1v) is 6.26. The van der Waals surface area contributed by atoms with Crippen LogP contribution in [-0.4, -0.2) is 48.5 Å². The normalized spacial score (nSPS) is 15.5. The van der Waals surface area contributed by atoms with E-state index in [0.29, 0.717) is 0 Å². The molecule has 0 aliphatic carbocycles. The summed E-state index contributed by atoms with van der Waals surface area (Å²) in [6, 6.07) is 0. The maximum absolute atomic E-state index is 8.39. The molecular weight excluding hydrogens is 206 g/mol. The van der Waals surface area contributed by atoms with Crippen LogP contribution in [0.25, 0.3) is 0 Å². The summed E-state index contributed by atoms with van der Waals surface area (Å²) in [6.45, 7) is 0. The molecule has 6 N–H and O–H groups in total. The van der Waals surface area contributed by atoms with Gasteiger partial charge in [0.2, 0.25) is 0 Å². The van der Waals surface area contributed by atoms with Crippen molar-refractivity contribution >= 4 is 16.5 Å². The summed E-state index contributed by atoms with van der Waals surface area (Å²) in [7, 11) is -0.556. The smallest absolute Gasteiger partial charge is 0.294 e. The Hall–Kier alpha value is 0.620. The fourth-order valence-corrected chi connectivity index (χ4v) is 2.70. The Bertz CT molecular complexity index is 110. The summed E-state index contributed by atoms with van der Waals surface area (Å²) in [4.78, 5) is 0. The minimum Gasteiger partial charge on any atom is -0.344 e. The van der Waals surface area contributed by atoms with Crippen molar-refractivity contribution in [3.63, 3.8) is 0 Å². The van der Waals surface area contributed by atoms with Crippen LogP contribution < -0.4 is 0 Å². The van der Waals surface area contributed by atoms with Gasteiger partial charge in [-0.1, -0.05) is 8.27 Å². The lowest BCUT2D eigenvalue weighted by Crippen LogP contribution is -2.27. The highest BCUT2D eigenvalue weighted by molar-refractivity contribution is 8.12. The van der Waals surface area contributed by atoms with E-state index >= 15 is 0 Å². The van der Waals surface area contributed by atoms with Crippen LogP contribution in [0.4, 0.5) is 0 Å². The highest BCUT2D eigenvalue weighted by Gasteiger charge is 2.20. The summed E-state index contributed by atoms with van der Waals surface area (Å²) in [5, 5.41) is 50.3. The minimum atomic E-state index is -2.71. The van der Waals surface area contributed by atoms with Crippen LogP contribution in [0.1, 0.15) is 6.42 Å². The molecule has 6 nitrogen and oxygen atoms in total. The van der Waals surface area contributed by atoms with Gasteiger partial charge < -0.3 is 30.6 Å². The Morgan fingerprint density at radius 3 is 1.75 bits per heavy atom. The maximum atomic E-state index is 8.39. The molecule has 0 heterocycles. The lowest BCUT2D eigenvalue weighted by Gasteiger charge is -2.16.